The number of carbonyl (C=O) groups is 1. The lowest BCUT2D eigenvalue weighted by Gasteiger charge is -2.10. The third-order valence-corrected chi connectivity index (χ3v) is 5.47. The first-order valence-corrected chi connectivity index (χ1v) is 10.0. The van der Waals surface area contributed by atoms with Gasteiger partial charge in [-0.1, -0.05) is 29.3 Å². The Labute approximate surface area is 186 Å². The number of nitrogens with one attached hydrogen (secondary N) is 1. The summed E-state index contributed by atoms with van der Waals surface area (Å²) >= 11 is 11.9. The van der Waals surface area contributed by atoms with E-state index in [1.165, 1.54) is 10.7 Å². The van der Waals surface area contributed by atoms with E-state index >= 15 is 0 Å². The molecule has 0 saturated heterocycles. The second-order valence-electron chi connectivity index (χ2n) is 6.83. The zero-order chi connectivity index (χ0) is 22.1. The Bertz CT molecular complexity index is 1270. The molecule has 0 aliphatic carbocycles. The quantitative estimate of drug-likeness (QED) is 0.428. The minimum atomic E-state index is -0.793. The van der Waals surface area contributed by atoms with Gasteiger partial charge in [0.1, 0.15) is 17.3 Å². The minimum Gasteiger partial charge on any atom is -0.347 e. The summed E-state index contributed by atoms with van der Waals surface area (Å²) in [4.78, 5) is 12.9. The highest BCUT2D eigenvalue weighted by Gasteiger charge is 2.23. The van der Waals surface area contributed by atoms with E-state index < -0.39 is 17.5 Å². The largest absolute Gasteiger partial charge is 0.347 e. The summed E-state index contributed by atoms with van der Waals surface area (Å²) in [5, 5.41) is 7.93. The van der Waals surface area contributed by atoms with Crippen molar-refractivity contribution in [1.82, 2.24) is 19.7 Å². The highest BCUT2D eigenvalue weighted by atomic mass is 35.5. The summed E-state index contributed by atoms with van der Waals surface area (Å²) in [5.74, 6) is -1.47. The molecule has 5 nitrogen and oxygen atoms in total. The van der Waals surface area contributed by atoms with Crippen LogP contribution in [0, 0.1) is 18.6 Å². The van der Waals surface area contributed by atoms with Crippen molar-refractivity contribution in [1.29, 1.82) is 0 Å². The van der Waals surface area contributed by atoms with Gasteiger partial charge < -0.3 is 9.88 Å². The fourth-order valence-corrected chi connectivity index (χ4v) is 3.54. The standard InChI is InChI=1S/C22H16Cl2F2N4O/c1-13-20(21(31)27-12-14-4-6-16(23)17(24)10-14)28-30(22(13)29-8-2-3-9-29)19-7-5-15(25)11-18(19)26/h2-11H,12H2,1H3,(H,27,31). The Morgan fingerprint density at radius 2 is 1.81 bits per heavy atom. The number of benzene rings is 2. The molecule has 0 aliphatic heterocycles. The van der Waals surface area contributed by atoms with E-state index in [-0.39, 0.29) is 17.9 Å². The van der Waals surface area contributed by atoms with Gasteiger partial charge >= 0.3 is 0 Å². The van der Waals surface area contributed by atoms with E-state index in [2.05, 4.69) is 10.4 Å². The second-order valence-corrected chi connectivity index (χ2v) is 7.64. The van der Waals surface area contributed by atoms with Gasteiger partial charge in [0.05, 0.1) is 10.0 Å². The van der Waals surface area contributed by atoms with Crippen LogP contribution in [0.2, 0.25) is 10.0 Å². The van der Waals surface area contributed by atoms with Crippen LogP contribution in [0.1, 0.15) is 21.6 Å². The highest BCUT2D eigenvalue weighted by Crippen LogP contribution is 2.25. The fraction of sp³-hybridized carbons (Fsp3) is 0.0909. The minimum absolute atomic E-state index is 0.0248. The SMILES string of the molecule is Cc1c(C(=O)NCc2ccc(Cl)c(Cl)c2)nn(-c2ccc(F)cc2F)c1-n1cccc1. The Balaban J connectivity index is 1.71. The first-order chi connectivity index (χ1) is 14.8. The molecule has 0 radical (unpaired) electrons. The molecule has 4 aromatic rings. The van der Waals surface area contributed by atoms with Crippen LogP contribution in [0.15, 0.2) is 60.9 Å². The van der Waals surface area contributed by atoms with E-state index in [0.29, 0.717) is 21.4 Å². The molecule has 1 N–H and O–H groups in total. The number of hydrogen-bond donors (Lipinski definition) is 1. The topological polar surface area (TPSA) is 51.9 Å². The number of halogens is 4. The van der Waals surface area contributed by atoms with Crippen LogP contribution in [0.25, 0.3) is 11.5 Å². The molecule has 0 fully saturated rings. The van der Waals surface area contributed by atoms with Gasteiger partial charge in [-0.2, -0.15) is 5.10 Å². The predicted octanol–water partition coefficient (Wildman–Crippen LogP) is 5.49. The molecular weight excluding hydrogens is 445 g/mol. The van der Waals surface area contributed by atoms with Gasteiger partial charge in [0, 0.05) is 30.6 Å². The Hall–Kier alpha value is -3.16. The molecule has 9 heteroatoms. The number of amides is 1. The molecule has 0 spiro atoms. The van der Waals surface area contributed by atoms with Gasteiger partial charge in [-0.15, -0.1) is 0 Å². The van der Waals surface area contributed by atoms with E-state index in [0.717, 1.165) is 17.7 Å². The average Bonchev–Trinajstić information content (AvgIpc) is 3.36. The predicted molar refractivity (Wildman–Crippen MR) is 115 cm³/mol. The normalized spacial score (nSPS) is 11.0. The first-order valence-electron chi connectivity index (χ1n) is 9.25. The van der Waals surface area contributed by atoms with Crippen LogP contribution in [-0.4, -0.2) is 20.3 Å². The van der Waals surface area contributed by atoms with Crippen molar-refractivity contribution in [3.05, 3.63) is 99.4 Å². The summed E-state index contributed by atoms with van der Waals surface area (Å²) in [6.45, 7) is 1.92. The molecule has 0 unspecified atom stereocenters. The van der Waals surface area contributed by atoms with Crippen molar-refractivity contribution in [2.75, 3.05) is 0 Å². The van der Waals surface area contributed by atoms with Crippen LogP contribution in [0.4, 0.5) is 8.78 Å². The third-order valence-electron chi connectivity index (χ3n) is 4.73. The third kappa shape index (κ3) is 4.19. The first kappa shape index (κ1) is 21.1. The summed E-state index contributed by atoms with van der Waals surface area (Å²) < 4.78 is 30.9. The van der Waals surface area contributed by atoms with Gasteiger partial charge in [-0.05, 0) is 48.9 Å². The zero-order valence-electron chi connectivity index (χ0n) is 16.2. The van der Waals surface area contributed by atoms with E-state index in [4.69, 9.17) is 23.2 Å². The maximum atomic E-state index is 14.5. The van der Waals surface area contributed by atoms with Crippen molar-refractivity contribution in [2.45, 2.75) is 13.5 Å². The number of aromatic nitrogens is 3. The van der Waals surface area contributed by atoms with Gasteiger partial charge in [0.15, 0.2) is 11.5 Å². The lowest BCUT2D eigenvalue weighted by atomic mass is 10.2. The second kappa shape index (κ2) is 8.53. The van der Waals surface area contributed by atoms with Crippen molar-refractivity contribution in [2.24, 2.45) is 0 Å². The van der Waals surface area contributed by atoms with Crippen molar-refractivity contribution >= 4 is 29.1 Å². The lowest BCUT2D eigenvalue weighted by Crippen LogP contribution is -2.24. The van der Waals surface area contributed by atoms with Gasteiger partial charge in [0.25, 0.3) is 5.91 Å². The van der Waals surface area contributed by atoms with Crippen molar-refractivity contribution < 1.29 is 13.6 Å². The van der Waals surface area contributed by atoms with Crippen LogP contribution in [-0.2, 0) is 6.54 Å². The van der Waals surface area contributed by atoms with Crippen molar-refractivity contribution in [3.8, 4) is 11.5 Å². The average molecular weight is 461 g/mol. The van der Waals surface area contributed by atoms with Crippen molar-refractivity contribution in [3.63, 3.8) is 0 Å². The van der Waals surface area contributed by atoms with Crippen LogP contribution in [0.3, 0.4) is 0 Å². The van der Waals surface area contributed by atoms with E-state index in [9.17, 15) is 13.6 Å². The summed E-state index contributed by atoms with van der Waals surface area (Å²) in [7, 11) is 0. The highest BCUT2D eigenvalue weighted by molar-refractivity contribution is 6.42. The molecule has 2 aromatic carbocycles. The van der Waals surface area contributed by atoms with Crippen LogP contribution < -0.4 is 5.32 Å². The fourth-order valence-electron chi connectivity index (χ4n) is 3.22. The molecule has 2 heterocycles. The van der Waals surface area contributed by atoms with E-state index in [1.807, 2.05) is 0 Å². The number of nitrogens with zero attached hydrogens (tertiary/aromatic N) is 3. The lowest BCUT2D eigenvalue weighted by molar-refractivity contribution is 0.0945. The molecule has 4 rings (SSSR count). The molecular formula is C22H16Cl2F2N4O. The van der Waals surface area contributed by atoms with E-state index in [1.54, 1.807) is 54.2 Å². The molecule has 0 bridgehead atoms. The smallest absolute Gasteiger partial charge is 0.272 e. The molecule has 1 amide bonds. The number of carbonyl (C=O) groups excluding carboxylic acids is 1. The van der Waals surface area contributed by atoms with Crippen LogP contribution in [0.5, 0.6) is 0 Å². The summed E-state index contributed by atoms with van der Waals surface area (Å²) in [6, 6.07) is 11.8. The maximum absolute atomic E-state index is 14.5. The van der Waals surface area contributed by atoms with Gasteiger partial charge in [-0.25, -0.2) is 13.5 Å². The summed E-state index contributed by atoms with van der Waals surface area (Å²) in [5.41, 5.74) is 1.44. The maximum Gasteiger partial charge on any atom is 0.272 e. The molecule has 31 heavy (non-hydrogen) atoms. The zero-order valence-corrected chi connectivity index (χ0v) is 17.8. The van der Waals surface area contributed by atoms with Gasteiger partial charge in [0.2, 0.25) is 0 Å². The number of rotatable bonds is 5. The molecule has 2 aromatic heterocycles. The van der Waals surface area contributed by atoms with Crippen LogP contribution >= 0.6 is 23.2 Å². The number of hydrogen-bond acceptors (Lipinski definition) is 2. The Morgan fingerprint density at radius 1 is 1.06 bits per heavy atom. The molecule has 0 atom stereocenters. The monoisotopic (exact) mass is 460 g/mol. The molecule has 0 saturated carbocycles. The Morgan fingerprint density at radius 3 is 2.48 bits per heavy atom. The molecule has 0 aliphatic rings. The molecule has 158 valence electrons. The Kier molecular flexibility index (Phi) is 5.80. The summed E-state index contributed by atoms with van der Waals surface area (Å²) in [6.07, 6.45) is 3.50. The van der Waals surface area contributed by atoms with Gasteiger partial charge in [-0.3, -0.25) is 4.79 Å².